The predicted octanol–water partition coefficient (Wildman–Crippen LogP) is 6.01. The molecule has 0 unspecified atom stereocenters. The molecule has 0 saturated carbocycles. The number of nitrogen functional groups attached to an aromatic ring is 1. The van der Waals surface area contributed by atoms with E-state index in [4.69, 9.17) is 22.7 Å². The Morgan fingerprint density at radius 1 is 1.24 bits per heavy atom. The Balaban J connectivity index is 1.83. The molecule has 0 aliphatic heterocycles. The highest BCUT2D eigenvalue weighted by atomic mass is 35.5. The van der Waals surface area contributed by atoms with Crippen LogP contribution in [0.1, 0.15) is 35.6 Å². The summed E-state index contributed by atoms with van der Waals surface area (Å²) >= 11 is 5.94. The van der Waals surface area contributed by atoms with Gasteiger partial charge in [0, 0.05) is 34.1 Å². The van der Waals surface area contributed by atoms with Crippen LogP contribution in [-0.4, -0.2) is 12.3 Å². The zero-order valence-corrected chi connectivity index (χ0v) is 17.4. The summed E-state index contributed by atoms with van der Waals surface area (Å²) in [6, 6.07) is 11.4. The SMILES string of the molecule is C=C(NCC1=CC=CC1)c1ccc(N)c(C(=N)/C=C/c2ccc(Cl)cc2)c1CC. The van der Waals surface area contributed by atoms with Gasteiger partial charge in [0.2, 0.25) is 0 Å². The van der Waals surface area contributed by atoms with Crippen LogP contribution in [0.5, 0.6) is 0 Å². The topological polar surface area (TPSA) is 61.9 Å². The van der Waals surface area contributed by atoms with Gasteiger partial charge in [-0.05, 0) is 53.8 Å². The van der Waals surface area contributed by atoms with Gasteiger partial charge in [-0.25, -0.2) is 0 Å². The van der Waals surface area contributed by atoms with Crippen LogP contribution in [0, 0.1) is 5.41 Å². The smallest absolute Gasteiger partial charge is 0.0636 e. The first-order valence-corrected chi connectivity index (χ1v) is 10.1. The molecule has 0 amide bonds. The first-order valence-electron chi connectivity index (χ1n) is 9.71. The second-order valence-corrected chi connectivity index (χ2v) is 7.43. The van der Waals surface area contributed by atoms with E-state index in [1.165, 1.54) is 5.57 Å². The summed E-state index contributed by atoms with van der Waals surface area (Å²) in [5.74, 6) is 0. The highest BCUT2D eigenvalue weighted by Crippen LogP contribution is 2.27. The Hall–Kier alpha value is -3.04. The van der Waals surface area contributed by atoms with Crippen molar-refractivity contribution in [2.75, 3.05) is 12.3 Å². The fourth-order valence-corrected chi connectivity index (χ4v) is 3.53. The minimum absolute atomic E-state index is 0.381. The molecule has 0 radical (unpaired) electrons. The fourth-order valence-electron chi connectivity index (χ4n) is 3.41. The molecule has 2 aromatic carbocycles. The molecule has 0 spiro atoms. The summed E-state index contributed by atoms with van der Waals surface area (Å²) in [5.41, 5.74) is 13.2. The van der Waals surface area contributed by atoms with Gasteiger partial charge in [0.25, 0.3) is 0 Å². The van der Waals surface area contributed by atoms with Gasteiger partial charge in [0.05, 0.1) is 5.71 Å². The minimum atomic E-state index is 0.381. The average molecular weight is 404 g/mol. The highest BCUT2D eigenvalue weighted by molar-refractivity contribution is 6.30. The van der Waals surface area contributed by atoms with Crippen molar-refractivity contribution >= 4 is 34.8 Å². The summed E-state index contributed by atoms with van der Waals surface area (Å²) in [7, 11) is 0. The third-order valence-electron chi connectivity index (χ3n) is 4.98. The maximum Gasteiger partial charge on any atom is 0.0636 e. The predicted molar refractivity (Wildman–Crippen MR) is 126 cm³/mol. The molecule has 3 nitrogen and oxygen atoms in total. The lowest BCUT2D eigenvalue weighted by Crippen LogP contribution is -2.17. The van der Waals surface area contributed by atoms with Crippen LogP contribution >= 0.6 is 11.6 Å². The van der Waals surface area contributed by atoms with Crippen molar-refractivity contribution in [1.82, 2.24) is 5.32 Å². The molecular weight excluding hydrogens is 378 g/mol. The maximum atomic E-state index is 8.62. The highest BCUT2D eigenvalue weighted by Gasteiger charge is 2.15. The van der Waals surface area contributed by atoms with E-state index < -0.39 is 0 Å². The zero-order valence-electron chi connectivity index (χ0n) is 16.6. The molecular formula is C25H26ClN3. The molecule has 0 bridgehead atoms. The van der Waals surface area contributed by atoms with E-state index in [2.05, 4.69) is 37.0 Å². The van der Waals surface area contributed by atoms with E-state index in [0.717, 1.165) is 47.3 Å². The van der Waals surface area contributed by atoms with Crippen LogP contribution in [-0.2, 0) is 6.42 Å². The fraction of sp³-hybridized carbons (Fsp3) is 0.160. The largest absolute Gasteiger partial charge is 0.398 e. The molecule has 1 aliphatic rings. The van der Waals surface area contributed by atoms with Crippen molar-refractivity contribution in [2.24, 2.45) is 0 Å². The first kappa shape index (κ1) is 20.7. The first-order chi connectivity index (χ1) is 14.0. The third-order valence-corrected chi connectivity index (χ3v) is 5.23. The number of nitrogens with one attached hydrogen (secondary N) is 2. The van der Waals surface area contributed by atoms with Crippen LogP contribution in [0.3, 0.4) is 0 Å². The van der Waals surface area contributed by atoms with Gasteiger partial charge in [0.15, 0.2) is 0 Å². The number of rotatable bonds is 8. The van der Waals surface area contributed by atoms with Crippen molar-refractivity contribution in [3.63, 3.8) is 0 Å². The van der Waals surface area contributed by atoms with Gasteiger partial charge in [-0.1, -0.05) is 67.6 Å². The van der Waals surface area contributed by atoms with Gasteiger partial charge in [-0.3, -0.25) is 0 Å². The molecule has 4 heteroatoms. The van der Waals surface area contributed by atoms with Crippen molar-refractivity contribution in [3.05, 3.63) is 100 Å². The standard InChI is InChI=1S/C25H26ClN3/c1-3-21-22(17(2)29-16-19-6-4-5-7-19)13-15-24(28)25(21)23(27)14-10-18-8-11-20(26)12-9-18/h4-6,8-15,27,29H,2-3,7,16,28H2,1H3/b14-10+,27-23?. The Morgan fingerprint density at radius 2 is 2.00 bits per heavy atom. The third kappa shape index (κ3) is 5.07. The van der Waals surface area contributed by atoms with Crippen molar-refractivity contribution in [2.45, 2.75) is 19.8 Å². The summed E-state index contributed by atoms with van der Waals surface area (Å²) in [5, 5.41) is 12.7. The van der Waals surface area contributed by atoms with Gasteiger partial charge in [-0.15, -0.1) is 0 Å². The molecule has 0 fully saturated rings. The Kier molecular flexibility index (Phi) is 6.73. The number of hydrogen-bond acceptors (Lipinski definition) is 3. The molecule has 0 aromatic heterocycles. The summed E-state index contributed by atoms with van der Waals surface area (Å²) in [4.78, 5) is 0. The lowest BCUT2D eigenvalue weighted by molar-refractivity contribution is 0.933. The van der Waals surface area contributed by atoms with Crippen LogP contribution in [0.25, 0.3) is 11.8 Å². The van der Waals surface area contributed by atoms with E-state index in [9.17, 15) is 0 Å². The summed E-state index contributed by atoms with van der Waals surface area (Å²) < 4.78 is 0. The van der Waals surface area contributed by atoms with E-state index in [-0.39, 0.29) is 0 Å². The van der Waals surface area contributed by atoms with E-state index in [1.807, 2.05) is 42.5 Å². The lowest BCUT2D eigenvalue weighted by Gasteiger charge is -2.18. The molecule has 1 aliphatic carbocycles. The van der Waals surface area contributed by atoms with Gasteiger partial charge >= 0.3 is 0 Å². The summed E-state index contributed by atoms with van der Waals surface area (Å²) in [6.45, 7) is 7.07. The minimum Gasteiger partial charge on any atom is -0.398 e. The van der Waals surface area contributed by atoms with Crippen LogP contribution in [0.15, 0.2) is 72.9 Å². The summed E-state index contributed by atoms with van der Waals surface area (Å²) in [6.07, 6.45) is 11.8. The normalized spacial score (nSPS) is 13.0. The second-order valence-electron chi connectivity index (χ2n) is 7.00. The van der Waals surface area contributed by atoms with Gasteiger partial charge in [0.1, 0.15) is 0 Å². The molecule has 4 N–H and O–H groups in total. The Bertz CT molecular complexity index is 1010. The quantitative estimate of drug-likeness (QED) is 0.373. The molecule has 3 rings (SSSR count). The maximum absolute atomic E-state index is 8.62. The monoisotopic (exact) mass is 403 g/mol. The number of benzene rings is 2. The zero-order chi connectivity index (χ0) is 20.8. The Morgan fingerprint density at radius 3 is 2.66 bits per heavy atom. The van der Waals surface area contributed by atoms with Crippen LogP contribution < -0.4 is 11.1 Å². The number of anilines is 1. The lowest BCUT2D eigenvalue weighted by atomic mass is 9.92. The number of hydrogen-bond donors (Lipinski definition) is 3. The molecule has 148 valence electrons. The van der Waals surface area contributed by atoms with E-state index in [0.29, 0.717) is 16.4 Å². The van der Waals surface area contributed by atoms with Crippen molar-refractivity contribution in [3.8, 4) is 0 Å². The van der Waals surface area contributed by atoms with Gasteiger partial charge < -0.3 is 16.5 Å². The van der Waals surface area contributed by atoms with Crippen molar-refractivity contribution < 1.29 is 0 Å². The molecule has 2 aromatic rings. The number of nitrogens with two attached hydrogens (primary N) is 1. The Labute approximate surface area is 177 Å². The van der Waals surface area contributed by atoms with Gasteiger partial charge in [-0.2, -0.15) is 0 Å². The number of allylic oxidation sites excluding steroid dienone is 4. The molecule has 29 heavy (non-hydrogen) atoms. The van der Waals surface area contributed by atoms with Crippen molar-refractivity contribution in [1.29, 1.82) is 5.41 Å². The van der Waals surface area contributed by atoms with E-state index in [1.54, 1.807) is 6.08 Å². The molecule has 0 atom stereocenters. The van der Waals surface area contributed by atoms with Crippen LogP contribution in [0.4, 0.5) is 5.69 Å². The molecule has 0 saturated heterocycles. The second kappa shape index (κ2) is 9.44. The van der Waals surface area contributed by atoms with Crippen LogP contribution in [0.2, 0.25) is 5.02 Å². The molecule has 0 heterocycles. The average Bonchev–Trinajstić information content (AvgIpc) is 3.24. The number of halogens is 1. The van der Waals surface area contributed by atoms with E-state index >= 15 is 0 Å².